The molecule has 0 unspecified atom stereocenters. The molecule has 0 atom stereocenters. The number of hydrogen-bond acceptors (Lipinski definition) is 0. The van der Waals surface area contributed by atoms with E-state index >= 15 is 0 Å². The molecule has 2 heteroatoms. The van der Waals surface area contributed by atoms with Crippen LogP contribution in [-0.2, 0) is 39.4 Å². The van der Waals surface area contributed by atoms with Crippen molar-refractivity contribution < 1.29 is 27.7 Å². The van der Waals surface area contributed by atoms with Crippen molar-refractivity contribution in [1.29, 1.82) is 0 Å². The molecule has 0 saturated heterocycles. The molecular weight excluding hydrogens is 377 g/mol. The molecule has 0 rings (SSSR count). The Kier molecular flexibility index (Phi) is 21.1. The molecule has 0 fully saturated rings. The maximum absolute atomic E-state index is 2.28. The van der Waals surface area contributed by atoms with E-state index in [-0.39, 0.29) is 27.7 Å². The van der Waals surface area contributed by atoms with Crippen molar-refractivity contribution >= 4 is 11.8 Å². The number of hydrogen-bond donors (Lipinski definition) is 0. The van der Waals surface area contributed by atoms with Crippen LogP contribution in [0.4, 0.5) is 0 Å². The Morgan fingerprint density at radius 2 is 1.07 bits per heavy atom. The van der Waals surface area contributed by atoms with Gasteiger partial charge < -0.3 is 0 Å². The van der Waals surface area contributed by atoms with Gasteiger partial charge in [-0.3, -0.25) is 0 Å². The van der Waals surface area contributed by atoms with Crippen molar-refractivity contribution in [2.24, 2.45) is 0 Å². The van der Waals surface area contributed by atoms with E-state index in [9.17, 15) is 0 Å². The fourth-order valence-corrected chi connectivity index (χ4v) is 2.53. The summed E-state index contributed by atoms with van der Waals surface area (Å²) in [4.78, 5) is 0. The largest absolute Gasteiger partial charge is 0.105 e. The van der Waals surface area contributed by atoms with Crippen molar-refractivity contribution in [3.63, 3.8) is 0 Å². The molecule has 0 aromatic heterocycles. The summed E-state index contributed by atoms with van der Waals surface area (Å²) >= 11 is 1.70. The molecule has 0 aliphatic rings. The first-order valence-corrected chi connectivity index (χ1v) is 7.31. The van der Waals surface area contributed by atoms with Crippen LogP contribution in [0.1, 0.15) is 65.2 Å². The van der Waals surface area contributed by atoms with Crippen molar-refractivity contribution in [2.75, 3.05) is 11.5 Å². The van der Waals surface area contributed by atoms with Crippen LogP contribution in [0, 0.1) is 0 Å². The van der Waals surface area contributed by atoms with Gasteiger partial charge in [-0.05, 0) is 37.4 Å². The Balaban J connectivity index is 0. The predicted molar refractivity (Wildman–Crippen MR) is 66.8 cm³/mol. The van der Waals surface area contributed by atoms with Gasteiger partial charge in [-0.25, -0.2) is 0 Å². The van der Waals surface area contributed by atoms with Crippen LogP contribution in [0.15, 0.2) is 0 Å². The monoisotopic (exact) mass is 405 g/mol. The predicted octanol–water partition coefficient (Wildman–Crippen LogP) is 3.96. The summed E-state index contributed by atoms with van der Waals surface area (Å²) in [6.07, 6.45) is 11.4. The fraction of sp³-hybridized carbons (Fsp3) is 1.00. The molecule has 0 aliphatic heterocycles. The standard InChI is InChI=1S/C12H26S.Hg/c1-3-5-7-9-11-13-12-10-8-6-4-2;/h3-12H2,1-2H3;/p+1. The first-order valence-electron chi connectivity index (χ1n) is 6.05. The van der Waals surface area contributed by atoms with Crippen molar-refractivity contribution in [3.05, 3.63) is 0 Å². The average molecular weight is 404 g/mol. The van der Waals surface area contributed by atoms with Gasteiger partial charge in [-0.1, -0.05) is 39.5 Å². The summed E-state index contributed by atoms with van der Waals surface area (Å²) in [7, 11) is 0. The molecular formula is C12H27HgS+. The third-order valence-electron chi connectivity index (χ3n) is 2.34. The van der Waals surface area contributed by atoms with Gasteiger partial charge in [-0.2, -0.15) is 0 Å². The molecule has 0 nitrogen and oxygen atoms in total. The van der Waals surface area contributed by atoms with Gasteiger partial charge in [0.1, 0.15) is 11.5 Å². The van der Waals surface area contributed by atoms with Gasteiger partial charge in [-0.15, -0.1) is 0 Å². The van der Waals surface area contributed by atoms with Crippen LogP contribution >= 0.6 is 0 Å². The molecule has 0 radical (unpaired) electrons. The second-order valence-corrected chi connectivity index (χ2v) is 5.13. The van der Waals surface area contributed by atoms with Gasteiger partial charge in [0, 0.05) is 27.7 Å². The Morgan fingerprint density at radius 1 is 0.643 bits per heavy atom. The molecule has 0 bridgehead atoms. The quantitative estimate of drug-likeness (QED) is 0.224. The second-order valence-electron chi connectivity index (χ2n) is 3.79. The van der Waals surface area contributed by atoms with E-state index in [1.165, 1.54) is 62.9 Å². The van der Waals surface area contributed by atoms with Crippen LogP contribution in [0.5, 0.6) is 0 Å². The molecule has 0 amide bonds. The SMILES string of the molecule is CCCCCC[SH+]CCCCCC.[Hg]. The van der Waals surface area contributed by atoms with Crippen LogP contribution in [-0.4, -0.2) is 11.5 Å². The molecule has 0 aliphatic carbocycles. The summed E-state index contributed by atoms with van der Waals surface area (Å²) in [5, 5.41) is 0. The maximum Gasteiger partial charge on any atom is 0.105 e. The Hall–Kier alpha value is 1.29. The maximum atomic E-state index is 2.28. The van der Waals surface area contributed by atoms with Gasteiger partial charge in [0.15, 0.2) is 0 Å². The van der Waals surface area contributed by atoms with Crippen LogP contribution < -0.4 is 0 Å². The van der Waals surface area contributed by atoms with E-state index in [0.717, 1.165) is 0 Å². The number of rotatable bonds is 10. The minimum Gasteiger partial charge on any atom is -0.0654 e. The first kappa shape index (κ1) is 17.7. The van der Waals surface area contributed by atoms with Crippen LogP contribution in [0.3, 0.4) is 0 Å². The zero-order valence-electron chi connectivity index (χ0n) is 10.2. The minimum atomic E-state index is 0. The topological polar surface area (TPSA) is 0 Å². The molecule has 0 aromatic rings. The van der Waals surface area contributed by atoms with Crippen molar-refractivity contribution in [2.45, 2.75) is 65.2 Å². The normalized spacial score (nSPS) is 9.86. The molecule has 82 valence electrons. The van der Waals surface area contributed by atoms with E-state index in [1.54, 1.807) is 11.8 Å². The fourth-order valence-electron chi connectivity index (χ4n) is 1.41. The zero-order valence-corrected chi connectivity index (χ0v) is 16.6. The molecule has 14 heavy (non-hydrogen) atoms. The summed E-state index contributed by atoms with van der Waals surface area (Å²) in [5.41, 5.74) is 0. The van der Waals surface area contributed by atoms with E-state index in [4.69, 9.17) is 0 Å². The average Bonchev–Trinajstić information content (AvgIpc) is 2.16. The Labute approximate surface area is 116 Å². The van der Waals surface area contributed by atoms with Gasteiger partial charge in [0.05, 0.1) is 0 Å². The van der Waals surface area contributed by atoms with Crippen molar-refractivity contribution in [1.82, 2.24) is 0 Å². The Bertz CT molecular complexity index is 76.4. The first-order chi connectivity index (χ1) is 6.41. The number of thiol groups is 1. The molecule has 0 saturated carbocycles. The molecule has 0 N–H and O–H groups in total. The summed E-state index contributed by atoms with van der Waals surface area (Å²) in [6, 6.07) is 0. The third-order valence-corrected chi connectivity index (χ3v) is 3.60. The molecule has 0 heterocycles. The van der Waals surface area contributed by atoms with E-state index in [0.29, 0.717) is 0 Å². The Morgan fingerprint density at radius 3 is 1.43 bits per heavy atom. The van der Waals surface area contributed by atoms with Crippen LogP contribution in [0.2, 0.25) is 0 Å². The third kappa shape index (κ3) is 15.7. The van der Waals surface area contributed by atoms with E-state index in [2.05, 4.69) is 13.8 Å². The van der Waals surface area contributed by atoms with E-state index < -0.39 is 0 Å². The van der Waals surface area contributed by atoms with Crippen molar-refractivity contribution in [3.8, 4) is 0 Å². The van der Waals surface area contributed by atoms with Gasteiger partial charge in [0.25, 0.3) is 0 Å². The summed E-state index contributed by atoms with van der Waals surface area (Å²) in [6.45, 7) is 4.56. The van der Waals surface area contributed by atoms with Gasteiger partial charge in [0.2, 0.25) is 0 Å². The molecule has 0 spiro atoms. The van der Waals surface area contributed by atoms with E-state index in [1.807, 2.05) is 0 Å². The van der Waals surface area contributed by atoms with Crippen LogP contribution in [0.25, 0.3) is 0 Å². The summed E-state index contributed by atoms with van der Waals surface area (Å²) < 4.78 is 0. The number of unbranched alkanes of at least 4 members (excludes halogenated alkanes) is 6. The van der Waals surface area contributed by atoms with Gasteiger partial charge >= 0.3 is 0 Å². The molecule has 0 aromatic carbocycles. The zero-order chi connectivity index (χ0) is 9.78. The smallest absolute Gasteiger partial charge is 0.0654 e. The second kappa shape index (κ2) is 16.7. The minimum absolute atomic E-state index is 0. The summed E-state index contributed by atoms with van der Waals surface area (Å²) in [5.74, 6) is 2.90.